The van der Waals surface area contributed by atoms with Crippen LogP contribution in [0.2, 0.25) is 5.02 Å². The van der Waals surface area contributed by atoms with Gasteiger partial charge in [-0.05, 0) is 71.6 Å². The highest BCUT2D eigenvalue weighted by Crippen LogP contribution is 2.28. The van der Waals surface area contributed by atoms with E-state index in [1.54, 1.807) is 37.3 Å². The molecule has 0 heterocycles. The summed E-state index contributed by atoms with van der Waals surface area (Å²) in [5.74, 6) is -0.428. The van der Waals surface area contributed by atoms with Crippen LogP contribution in [-0.2, 0) is 16.1 Å². The third kappa shape index (κ3) is 6.68. The van der Waals surface area contributed by atoms with Crippen LogP contribution in [0.15, 0.2) is 46.9 Å². The molecule has 5 nitrogen and oxygen atoms in total. The molecule has 2 aromatic carbocycles. The number of hydrogen-bond donors (Lipinski definition) is 1. The minimum atomic E-state index is -0.699. The van der Waals surface area contributed by atoms with Gasteiger partial charge in [-0.25, -0.2) is 4.39 Å². The van der Waals surface area contributed by atoms with Crippen molar-refractivity contribution in [3.63, 3.8) is 0 Å². The van der Waals surface area contributed by atoms with Gasteiger partial charge in [-0.1, -0.05) is 36.6 Å². The van der Waals surface area contributed by atoms with Crippen LogP contribution in [0.1, 0.15) is 38.2 Å². The molecule has 1 saturated carbocycles. The molecule has 2 aromatic rings. The summed E-state index contributed by atoms with van der Waals surface area (Å²) in [6.07, 6.45) is 4.11. The van der Waals surface area contributed by atoms with E-state index in [1.165, 1.54) is 17.0 Å². The third-order valence-electron chi connectivity index (χ3n) is 5.38. The number of amides is 2. The van der Waals surface area contributed by atoms with Crippen molar-refractivity contribution in [3.05, 3.63) is 63.3 Å². The molecule has 0 aromatic heterocycles. The molecule has 8 heteroatoms. The van der Waals surface area contributed by atoms with Crippen molar-refractivity contribution in [2.75, 3.05) is 6.61 Å². The maximum absolute atomic E-state index is 13.3. The highest BCUT2D eigenvalue weighted by molar-refractivity contribution is 9.10. The first kappa shape index (κ1) is 23.5. The number of rotatable bonds is 8. The van der Waals surface area contributed by atoms with E-state index in [1.807, 2.05) is 0 Å². The van der Waals surface area contributed by atoms with Gasteiger partial charge in [0.05, 0.1) is 4.47 Å². The van der Waals surface area contributed by atoms with E-state index in [9.17, 15) is 14.0 Å². The second kappa shape index (κ2) is 11.0. The zero-order valence-electron chi connectivity index (χ0n) is 17.2. The summed E-state index contributed by atoms with van der Waals surface area (Å²) < 4.78 is 19.6. The Hall–Kier alpha value is -2.12. The first-order chi connectivity index (χ1) is 14.8. The van der Waals surface area contributed by atoms with E-state index in [0.717, 1.165) is 31.2 Å². The molecule has 1 N–H and O–H groups in total. The van der Waals surface area contributed by atoms with Crippen molar-refractivity contribution in [1.82, 2.24) is 10.2 Å². The van der Waals surface area contributed by atoms with Crippen molar-refractivity contribution >= 4 is 39.3 Å². The summed E-state index contributed by atoms with van der Waals surface area (Å²) in [5, 5.41) is 3.58. The van der Waals surface area contributed by atoms with Gasteiger partial charge in [-0.3, -0.25) is 9.59 Å². The predicted molar refractivity (Wildman–Crippen MR) is 121 cm³/mol. The molecule has 0 aliphatic heterocycles. The fourth-order valence-electron chi connectivity index (χ4n) is 3.58. The molecule has 0 radical (unpaired) electrons. The molecule has 0 unspecified atom stereocenters. The number of carbonyl (C=O) groups excluding carboxylic acids is 2. The lowest BCUT2D eigenvalue weighted by Gasteiger charge is -2.29. The highest BCUT2D eigenvalue weighted by atomic mass is 79.9. The molecule has 31 heavy (non-hydrogen) atoms. The van der Waals surface area contributed by atoms with Gasteiger partial charge in [0, 0.05) is 17.6 Å². The molecule has 2 amide bonds. The van der Waals surface area contributed by atoms with Crippen molar-refractivity contribution in [2.45, 2.75) is 51.2 Å². The lowest BCUT2D eigenvalue weighted by atomic mass is 10.1. The van der Waals surface area contributed by atoms with E-state index >= 15 is 0 Å². The normalized spacial score (nSPS) is 14.8. The van der Waals surface area contributed by atoms with Crippen LogP contribution >= 0.6 is 27.5 Å². The average molecular weight is 512 g/mol. The Balaban J connectivity index is 1.72. The number of nitrogens with zero attached hydrogens (tertiary/aromatic N) is 1. The van der Waals surface area contributed by atoms with Crippen molar-refractivity contribution < 1.29 is 18.7 Å². The Bertz CT molecular complexity index is 920. The van der Waals surface area contributed by atoms with E-state index in [0.29, 0.717) is 15.2 Å². The van der Waals surface area contributed by atoms with Crippen LogP contribution in [0.4, 0.5) is 4.39 Å². The number of hydrogen-bond acceptors (Lipinski definition) is 3. The number of benzene rings is 2. The molecule has 1 atom stereocenters. The van der Waals surface area contributed by atoms with Gasteiger partial charge in [-0.2, -0.15) is 0 Å². The van der Waals surface area contributed by atoms with Crippen LogP contribution in [0, 0.1) is 5.82 Å². The minimum Gasteiger partial charge on any atom is -0.483 e. The Morgan fingerprint density at radius 2 is 1.90 bits per heavy atom. The molecule has 0 bridgehead atoms. The van der Waals surface area contributed by atoms with Crippen molar-refractivity contribution in [2.24, 2.45) is 0 Å². The smallest absolute Gasteiger partial charge is 0.261 e. The number of carbonyl (C=O) groups is 2. The van der Waals surface area contributed by atoms with Gasteiger partial charge >= 0.3 is 0 Å². The molecule has 3 rings (SSSR count). The first-order valence-corrected chi connectivity index (χ1v) is 11.4. The van der Waals surface area contributed by atoms with E-state index in [-0.39, 0.29) is 36.8 Å². The quantitative estimate of drug-likeness (QED) is 0.537. The molecule has 0 spiro atoms. The molecule has 166 valence electrons. The summed E-state index contributed by atoms with van der Waals surface area (Å²) in [6.45, 7) is 1.62. The average Bonchev–Trinajstić information content (AvgIpc) is 3.25. The lowest BCUT2D eigenvalue weighted by Crippen LogP contribution is -2.50. The predicted octanol–water partition coefficient (Wildman–Crippen LogP) is 5.10. The molecular weight excluding hydrogens is 487 g/mol. The maximum Gasteiger partial charge on any atom is 0.261 e. The monoisotopic (exact) mass is 510 g/mol. The summed E-state index contributed by atoms with van der Waals surface area (Å²) in [4.78, 5) is 27.3. The van der Waals surface area contributed by atoms with Gasteiger partial charge in [0.1, 0.15) is 17.6 Å². The Kier molecular flexibility index (Phi) is 8.32. The van der Waals surface area contributed by atoms with Crippen LogP contribution < -0.4 is 10.1 Å². The Labute approximate surface area is 195 Å². The fraction of sp³-hybridized carbons (Fsp3) is 0.391. The van der Waals surface area contributed by atoms with Crippen LogP contribution in [-0.4, -0.2) is 35.4 Å². The number of nitrogens with one attached hydrogen (secondary N) is 1. The minimum absolute atomic E-state index is 0.152. The van der Waals surface area contributed by atoms with Crippen LogP contribution in [0.5, 0.6) is 5.75 Å². The topological polar surface area (TPSA) is 58.6 Å². The van der Waals surface area contributed by atoms with Gasteiger partial charge in [0.2, 0.25) is 5.91 Å². The van der Waals surface area contributed by atoms with Crippen molar-refractivity contribution in [1.29, 1.82) is 0 Å². The maximum atomic E-state index is 13.3. The van der Waals surface area contributed by atoms with Crippen molar-refractivity contribution in [3.8, 4) is 5.75 Å². The number of halogens is 3. The van der Waals surface area contributed by atoms with Gasteiger partial charge < -0.3 is 15.0 Å². The summed E-state index contributed by atoms with van der Waals surface area (Å²) in [5.41, 5.74) is 0.725. The third-order valence-corrected chi connectivity index (χ3v) is 6.23. The fourth-order valence-corrected chi connectivity index (χ4v) is 4.37. The zero-order valence-corrected chi connectivity index (χ0v) is 19.6. The second-order valence-electron chi connectivity index (χ2n) is 7.68. The number of ether oxygens (including phenoxy) is 1. The second-order valence-corrected chi connectivity index (χ2v) is 8.97. The lowest BCUT2D eigenvalue weighted by molar-refractivity contribution is -0.142. The largest absolute Gasteiger partial charge is 0.483 e. The van der Waals surface area contributed by atoms with Gasteiger partial charge in [-0.15, -0.1) is 0 Å². The standard InChI is InChI=1S/C23H25BrClFN2O3/c1-15(23(30)27-19-4-2-3-5-19)28(13-16-6-9-18(26)10-7-16)22(29)14-31-21-11-8-17(25)12-20(21)24/h6-12,15,19H,2-5,13-14H2,1H3,(H,27,30)/t15-/m1/s1. The Morgan fingerprint density at radius 1 is 1.23 bits per heavy atom. The molecule has 1 aliphatic rings. The summed E-state index contributed by atoms with van der Waals surface area (Å²) >= 11 is 9.31. The van der Waals surface area contributed by atoms with Crippen LogP contribution in [0.25, 0.3) is 0 Å². The molecule has 1 fully saturated rings. The van der Waals surface area contributed by atoms with E-state index < -0.39 is 6.04 Å². The molecular formula is C23H25BrClFN2O3. The van der Waals surface area contributed by atoms with Gasteiger partial charge in [0.15, 0.2) is 6.61 Å². The summed E-state index contributed by atoms with van der Waals surface area (Å²) in [7, 11) is 0. The van der Waals surface area contributed by atoms with E-state index in [4.69, 9.17) is 16.3 Å². The Morgan fingerprint density at radius 3 is 2.55 bits per heavy atom. The summed E-state index contributed by atoms with van der Waals surface area (Å²) in [6, 6.07) is 10.3. The SMILES string of the molecule is C[C@H](C(=O)NC1CCCC1)N(Cc1ccc(F)cc1)C(=O)COc1ccc(Cl)cc1Br. The molecule has 0 saturated heterocycles. The van der Waals surface area contributed by atoms with E-state index in [2.05, 4.69) is 21.2 Å². The first-order valence-electron chi connectivity index (χ1n) is 10.3. The van der Waals surface area contributed by atoms with Gasteiger partial charge in [0.25, 0.3) is 5.91 Å². The zero-order chi connectivity index (χ0) is 22.4. The van der Waals surface area contributed by atoms with Crippen LogP contribution in [0.3, 0.4) is 0 Å². The molecule has 1 aliphatic carbocycles. The highest BCUT2D eigenvalue weighted by Gasteiger charge is 2.28.